The Labute approximate surface area is 157 Å². The van der Waals surface area contributed by atoms with Crippen molar-refractivity contribution >= 4 is 11.6 Å². The van der Waals surface area contributed by atoms with Gasteiger partial charge in [0.05, 0.1) is 18.4 Å². The molecule has 1 N–H and O–H groups in total. The number of piperidine rings is 1. The molecular weight excluding hydrogens is 344 g/mol. The van der Waals surface area contributed by atoms with Gasteiger partial charge in [0.25, 0.3) is 5.89 Å². The normalized spacial score (nSPS) is 15.7. The minimum absolute atomic E-state index is 0.0130. The topological polar surface area (TPSA) is 84.4 Å². The number of carbonyl (C=O) groups is 1. The Morgan fingerprint density at radius 2 is 2.11 bits per heavy atom. The third-order valence-electron chi connectivity index (χ3n) is 4.81. The van der Waals surface area contributed by atoms with E-state index in [9.17, 15) is 4.79 Å². The summed E-state index contributed by atoms with van der Waals surface area (Å²) >= 11 is 0. The van der Waals surface area contributed by atoms with Crippen LogP contribution in [0.15, 0.2) is 51.7 Å². The van der Waals surface area contributed by atoms with E-state index >= 15 is 0 Å². The van der Waals surface area contributed by atoms with Crippen molar-refractivity contribution in [2.24, 2.45) is 0 Å². The van der Waals surface area contributed by atoms with Gasteiger partial charge in [-0.3, -0.25) is 9.69 Å². The Hall–Kier alpha value is -2.93. The van der Waals surface area contributed by atoms with Crippen LogP contribution < -0.4 is 5.32 Å². The predicted molar refractivity (Wildman–Crippen MR) is 100 cm³/mol. The molecule has 1 fully saturated rings. The number of likely N-dealkylation sites (tertiary alicyclic amines) is 1. The number of carbonyl (C=O) groups excluding carboxylic acids is 1. The molecule has 0 unspecified atom stereocenters. The molecular formula is C20H22N4O3. The van der Waals surface area contributed by atoms with Gasteiger partial charge in [-0.15, -0.1) is 10.2 Å². The maximum Gasteiger partial charge on any atom is 0.250 e. The minimum Gasteiger partial charge on any atom is -0.472 e. The van der Waals surface area contributed by atoms with Crippen LogP contribution in [0.25, 0.3) is 11.5 Å². The monoisotopic (exact) mass is 366 g/mol. The lowest BCUT2D eigenvalue weighted by atomic mass is 9.97. The van der Waals surface area contributed by atoms with Gasteiger partial charge in [0, 0.05) is 11.6 Å². The number of nitrogens with one attached hydrogen (secondary N) is 1. The minimum atomic E-state index is 0.0130. The summed E-state index contributed by atoms with van der Waals surface area (Å²) in [4.78, 5) is 14.4. The summed E-state index contributed by atoms with van der Waals surface area (Å²) in [6.07, 6.45) is 4.96. The van der Waals surface area contributed by atoms with E-state index in [4.69, 9.17) is 8.83 Å². The molecule has 7 heteroatoms. The molecule has 0 spiro atoms. The van der Waals surface area contributed by atoms with Gasteiger partial charge in [-0.2, -0.15) is 0 Å². The molecule has 7 nitrogen and oxygen atoms in total. The number of aryl methyl sites for hydroxylation is 1. The van der Waals surface area contributed by atoms with Crippen LogP contribution in [0.1, 0.15) is 30.2 Å². The molecule has 1 aliphatic heterocycles. The highest BCUT2D eigenvalue weighted by atomic mass is 16.4. The number of nitrogens with zero attached hydrogens (tertiary/aromatic N) is 3. The first-order valence-electron chi connectivity index (χ1n) is 9.12. The molecule has 0 saturated carbocycles. The Kier molecular flexibility index (Phi) is 5.02. The summed E-state index contributed by atoms with van der Waals surface area (Å²) < 4.78 is 10.8. The van der Waals surface area contributed by atoms with Crippen molar-refractivity contribution in [1.29, 1.82) is 0 Å². The second-order valence-corrected chi connectivity index (χ2v) is 6.93. The zero-order valence-electron chi connectivity index (χ0n) is 15.2. The summed E-state index contributed by atoms with van der Waals surface area (Å²) in [5, 5.41) is 11.3. The van der Waals surface area contributed by atoms with Gasteiger partial charge < -0.3 is 14.2 Å². The van der Waals surface area contributed by atoms with Crippen LogP contribution in [0.4, 0.5) is 5.69 Å². The van der Waals surface area contributed by atoms with Gasteiger partial charge in [0.15, 0.2) is 0 Å². The van der Waals surface area contributed by atoms with Crippen molar-refractivity contribution in [3.63, 3.8) is 0 Å². The molecule has 1 saturated heterocycles. The van der Waals surface area contributed by atoms with E-state index in [0.717, 1.165) is 42.7 Å². The maximum atomic E-state index is 12.3. The van der Waals surface area contributed by atoms with Crippen molar-refractivity contribution < 1.29 is 13.6 Å². The first kappa shape index (κ1) is 17.5. The van der Waals surface area contributed by atoms with Crippen molar-refractivity contribution in [3.8, 4) is 11.5 Å². The molecule has 1 aromatic carbocycles. The molecule has 1 aliphatic rings. The van der Waals surface area contributed by atoms with E-state index < -0.39 is 0 Å². The van der Waals surface area contributed by atoms with Crippen LogP contribution in [-0.4, -0.2) is 40.6 Å². The van der Waals surface area contributed by atoms with Crippen molar-refractivity contribution in [1.82, 2.24) is 15.1 Å². The SMILES string of the molecule is Cc1cccc(NC(=O)CN2CCC(c3nnc(-c4ccoc4)o3)CC2)c1. The van der Waals surface area contributed by atoms with E-state index in [0.29, 0.717) is 18.3 Å². The molecule has 1 amide bonds. The predicted octanol–water partition coefficient (Wildman–Crippen LogP) is 3.46. The van der Waals surface area contributed by atoms with Crippen molar-refractivity contribution in [2.75, 3.05) is 25.0 Å². The van der Waals surface area contributed by atoms with E-state index in [1.165, 1.54) is 0 Å². The third-order valence-corrected chi connectivity index (χ3v) is 4.81. The standard InChI is InChI=1S/C20H22N4O3/c1-14-3-2-4-17(11-14)21-18(25)12-24-8-5-15(6-9-24)19-22-23-20(27-19)16-7-10-26-13-16/h2-4,7,10-11,13,15H,5-6,8-9,12H2,1H3,(H,21,25). The molecule has 0 radical (unpaired) electrons. The lowest BCUT2D eigenvalue weighted by Gasteiger charge is -2.29. The number of aromatic nitrogens is 2. The molecule has 4 rings (SSSR count). The molecule has 0 bridgehead atoms. The van der Waals surface area contributed by atoms with E-state index in [2.05, 4.69) is 20.4 Å². The first-order chi connectivity index (χ1) is 13.2. The number of furan rings is 1. The lowest BCUT2D eigenvalue weighted by Crippen LogP contribution is -2.38. The van der Waals surface area contributed by atoms with E-state index in [-0.39, 0.29) is 11.8 Å². The van der Waals surface area contributed by atoms with Gasteiger partial charge in [-0.25, -0.2) is 0 Å². The zero-order chi connectivity index (χ0) is 18.6. The molecule has 3 heterocycles. The van der Waals surface area contributed by atoms with E-state index in [1.54, 1.807) is 18.6 Å². The third kappa shape index (κ3) is 4.25. The quantitative estimate of drug-likeness (QED) is 0.744. The van der Waals surface area contributed by atoms with E-state index in [1.807, 2.05) is 31.2 Å². The molecule has 0 atom stereocenters. The second kappa shape index (κ2) is 7.75. The largest absolute Gasteiger partial charge is 0.472 e. The van der Waals surface area contributed by atoms with Crippen LogP contribution >= 0.6 is 0 Å². The Morgan fingerprint density at radius 3 is 2.85 bits per heavy atom. The summed E-state index contributed by atoms with van der Waals surface area (Å²) in [5.41, 5.74) is 2.76. The fourth-order valence-corrected chi connectivity index (χ4v) is 3.37. The molecule has 140 valence electrons. The lowest BCUT2D eigenvalue weighted by molar-refractivity contribution is -0.117. The number of hydrogen-bond donors (Lipinski definition) is 1. The highest BCUT2D eigenvalue weighted by Gasteiger charge is 2.26. The van der Waals surface area contributed by atoms with Crippen molar-refractivity contribution in [3.05, 3.63) is 54.3 Å². The summed E-state index contributed by atoms with van der Waals surface area (Å²) in [5.74, 6) is 1.39. The maximum absolute atomic E-state index is 12.3. The zero-order valence-corrected chi connectivity index (χ0v) is 15.2. The summed E-state index contributed by atoms with van der Waals surface area (Å²) in [6.45, 7) is 4.06. The second-order valence-electron chi connectivity index (χ2n) is 6.93. The van der Waals surface area contributed by atoms with Gasteiger partial charge >= 0.3 is 0 Å². The number of amides is 1. The summed E-state index contributed by atoms with van der Waals surface area (Å²) in [6, 6.07) is 9.63. The van der Waals surface area contributed by atoms with Gasteiger partial charge in [-0.1, -0.05) is 12.1 Å². The van der Waals surface area contributed by atoms with Crippen molar-refractivity contribution in [2.45, 2.75) is 25.7 Å². The first-order valence-corrected chi connectivity index (χ1v) is 9.12. The molecule has 27 heavy (non-hydrogen) atoms. The van der Waals surface area contributed by atoms with Crippen LogP contribution in [0, 0.1) is 6.92 Å². The smallest absolute Gasteiger partial charge is 0.250 e. The van der Waals surface area contributed by atoms with Gasteiger partial charge in [0.2, 0.25) is 11.8 Å². The van der Waals surface area contributed by atoms with Gasteiger partial charge in [0.1, 0.15) is 6.26 Å². The Balaban J connectivity index is 1.28. The summed E-state index contributed by atoms with van der Waals surface area (Å²) in [7, 11) is 0. The number of anilines is 1. The van der Waals surface area contributed by atoms with Gasteiger partial charge in [-0.05, 0) is 56.6 Å². The molecule has 2 aromatic heterocycles. The number of rotatable bonds is 5. The van der Waals surface area contributed by atoms with Crippen LogP contribution in [-0.2, 0) is 4.79 Å². The van der Waals surface area contributed by atoms with Crippen LogP contribution in [0.2, 0.25) is 0 Å². The average molecular weight is 366 g/mol. The number of benzene rings is 1. The molecule has 3 aromatic rings. The van der Waals surface area contributed by atoms with Crippen LogP contribution in [0.3, 0.4) is 0 Å². The molecule has 0 aliphatic carbocycles. The Bertz CT molecular complexity index is 896. The van der Waals surface area contributed by atoms with Crippen LogP contribution in [0.5, 0.6) is 0 Å². The number of hydrogen-bond acceptors (Lipinski definition) is 6. The highest BCUT2D eigenvalue weighted by molar-refractivity contribution is 5.92. The fraction of sp³-hybridized carbons (Fsp3) is 0.350. The highest BCUT2D eigenvalue weighted by Crippen LogP contribution is 2.29. The Morgan fingerprint density at radius 1 is 1.26 bits per heavy atom. The fourth-order valence-electron chi connectivity index (χ4n) is 3.37. The average Bonchev–Trinajstić information content (AvgIpc) is 3.34.